The molecule has 0 aliphatic heterocycles. The van der Waals surface area contributed by atoms with Crippen molar-refractivity contribution in [2.24, 2.45) is 0 Å². The molecule has 0 radical (unpaired) electrons. The molecule has 0 fully saturated rings. The molecule has 0 aliphatic carbocycles. The van der Waals surface area contributed by atoms with Gasteiger partial charge in [0.15, 0.2) is 0 Å². The van der Waals surface area contributed by atoms with E-state index in [0.717, 1.165) is 5.06 Å². The van der Waals surface area contributed by atoms with Gasteiger partial charge in [0.1, 0.15) is 12.4 Å². The zero-order valence-corrected chi connectivity index (χ0v) is 14.8. The van der Waals surface area contributed by atoms with Gasteiger partial charge in [-0.3, -0.25) is 4.84 Å². The zero-order valence-electron chi connectivity index (χ0n) is 14.8. The highest BCUT2D eigenvalue weighted by atomic mass is 19.1. The molecule has 1 aromatic heterocycles. The first kappa shape index (κ1) is 18.4. The predicted octanol–water partition coefficient (Wildman–Crippen LogP) is 3.72. The number of carbonyl (C=O) groups is 1. The number of nitrogens with zero attached hydrogens (tertiary/aromatic N) is 3. The second-order valence-electron chi connectivity index (χ2n) is 5.44. The molecule has 27 heavy (non-hydrogen) atoms. The van der Waals surface area contributed by atoms with Crippen LogP contribution in [0, 0.1) is 5.82 Å². The van der Waals surface area contributed by atoms with E-state index in [0.29, 0.717) is 22.8 Å². The number of halogens is 1. The van der Waals surface area contributed by atoms with Crippen molar-refractivity contribution in [3.8, 4) is 11.6 Å². The zero-order chi connectivity index (χ0) is 19.2. The molecule has 2 aromatic carbocycles. The Kier molecular flexibility index (Phi) is 5.68. The summed E-state index contributed by atoms with van der Waals surface area (Å²) in [6, 6.07) is 14.8. The van der Waals surface area contributed by atoms with Crippen molar-refractivity contribution < 1.29 is 23.5 Å². The number of methoxy groups -OCH3 is 1. The number of carbonyl (C=O) groups excluding carboxylic acids is 1. The third kappa shape index (κ3) is 4.24. The Bertz CT molecular complexity index is 911. The predicted molar refractivity (Wildman–Crippen MR) is 96.2 cm³/mol. The van der Waals surface area contributed by atoms with Gasteiger partial charge in [-0.05, 0) is 30.3 Å². The molecule has 0 N–H and O–H groups in total. The molecule has 0 saturated carbocycles. The van der Waals surface area contributed by atoms with Gasteiger partial charge in [-0.1, -0.05) is 18.2 Å². The van der Waals surface area contributed by atoms with Crippen molar-refractivity contribution in [3.63, 3.8) is 0 Å². The number of amides is 1. The molecule has 1 heterocycles. The fourth-order valence-electron chi connectivity index (χ4n) is 2.46. The third-order valence-electron chi connectivity index (χ3n) is 3.76. The largest absolute Gasteiger partial charge is 0.472 e. The summed E-state index contributed by atoms with van der Waals surface area (Å²) in [7, 11) is 2.65. The average Bonchev–Trinajstić information content (AvgIpc) is 3.17. The summed E-state index contributed by atoms with van der Waals surface area (Å²) >= 11 is 0. The lowest BCUT2D eigenvalue weighted by Crippen LogP contribution is -2.30. The minimum absolute atomic E-state index is 0.160. The van der Waals surface area contributed by atoms with Crippen molar-refractivity contribution in [2.75, 3.05) is 19.3 Å². The molecular formula is C19H18FN3O4. The second-order valence-corrected chi connectivity index (χ2v) is 5.44. The Morgan fingerprint density at radius 2 is 1.85 bits per heavy atom. The number of ether oxygens (including phenoxy) is 2. The van der Waals surface area contributed by atoms with Crippen molar-refractivity contribution in [1.82, 2.24) is 9.78 Å². The van der Waals surface area contributed by atoms with Gasteiger partial charge in [0, 0.05) is 17.8 Å². The summed E-state index contributed by atoms with van der Waals surface area (Å²) in [5.41, 5.74) is 1.92. The molecule has 140 valence electrons. The minimum atomic E-state index is -0.648. The topological polar surface area (TPSA) is 65.8 Å². The first-order valence-corrected chi connectivity index (χ1v) is 8.07. The van der Waals surface area contributed by atoms with E-state index in [9.17, 15) is 9.18 Å². The van der Waals surface area contributed by atoms with Crippen LogP contribution >= 0.6 is 0 Å². The molecule has 7 nitrogen and oxygen atoms in total. The van der Waals surface area contributed by atoms with Crippen LogP contribution in [-0.2, 0) is 16.2 Å². The van der Waals surface area contributed by atoms with E-state index in [4.69, 9.17) is 14.3 Å². The molecule has 0 spiro atoms. The summed E-state index contributed by atoms with van der Waals surface area (Å²) in [6.45, 7) is 0.160. The maximum Gasteiger partial charge on any atom is 0.438 e. The van der Waals surface area contributed by atoms with Crippen molar-refractivity contribution in [2.45, 2.75) is 6.61 Å². The van der Waals surface area contributed by atoms with E-state index in [1.54, 1.807) is 47.3 Å². The van der Waals surface area contributed by atoms with E-state index in [-0.39, 0.29) is 12.4 Å². The van der Waals surface area contributed by atoms with E-state index in [1.165, 1.54) is 26.4 Å². The molecule has 0 bridgehead atoms. The van der Waals surface area contributed by atoms with Gasteiger partial charge in [-0.15, -0.1) is 5.10 Å². The maximum absolute atomic E-state index is 13.0. The van der Waals surface area contributed by atoms with E-state index in [2.05, 4.69) is 5.10 Å². The number of rotatable bonds is 6. The van der Waals surface area contributed by atoms with Crippen LogP contribution in [0.1, 0.15) is 5.56 Å². The van der Waals surface area contributed by atoms with Gasteiger partial charge < -0.3 is 9.47 Å². The summed E-state index contributed by atoms with van der Waals surface area (Å²) < 4.78 is 25.1. The average molecular weight is 371 g/mol. The van der Waals surface area contributed by atoms with Crippen LogP contribution in [0.2, 0.25) is 0 Å². The summed E-state index contributed by atoms with van der Waals surface area (Å²) in [5, 5.41) is 5.34. The lowest BCUT2D eigenvalue weighted by molar-refractivity contribution is 0.115. The SMILES string of the molecule is COC(=O)N(OC)c1ccccc1COc1ccn(-c2ccc(F)cc2)n1. The fraction of sp³-hybridized carbons (Fsp3) is 0.158. The number of hydrogen-bond donors (Lipinski definition) is 0. The van der Waals surface area contributed by atoms with E-state index < -0.39 is 6.09 Å². The van der Waals surface area contributed by atoms with Crippen LogP contribution in [-0.4, -0.2) is 30.1 Å². The normalized spacial score (nSPS) is 10.5. The number of hydrogen-bond acceptors (Lipinski definition) is 5. The number of aromatic nitrogens is 2. The molecule has 0 aliphatic rings. The van der Waals surface area contributed by atoms with Gasteiger partial charge in [0.2, 0.25) is 5.88 Å². The lowest BCUT2D eigenvalue weighted by Gasteiger charge is -2.20. The molecular weight excluding hydrogens is 353 g/mol. The number of benzene rings is 2. The van der Waals surface area contributed by atoms with Crippen molar-refractivity contribution in [3.05, 3.63) is 72.2 Å². The minimum Gasteiger partial charge on any atom is -0.472 e. The van der Waals surface area contributed by atoms with Gasteiger partial charge in [-0.2, -0.15) is 5.06 Å². The Morgan fingerprint density at radius 3 is 2.56 bits per heavy atom. The summed E-state index contributed by atoms with van der Waals surface area (Å²) in [4.78, 5) is 17.0. The van der Waals surface area contributed by atoms with Crippen molar-refractivity contribution >= 4 is 11.8 Å². The van der Waals surface area contributed by atoms with Gasteiger partial charge in [-0.25, -0.2) is 13.9 Å². The maximum atomic E-state index is 13.0. The van der Waals surface area contributed by atoms with Crippen LogP contribution in [0.25, 0.3) is 5.69 Å². The highest BCUT2D eigenvalue weighted by Crippen LogP contribution is 2.23. The van der Waals surface area contributed by atoms with E-state index >= 15 is 0 Å². The molecule has 0 saturated heterocycles. The molecule has 0 atom stereocenters. The van der Waals surface area contributed by atoms with Crippen LogP contribution < -0.4 is 9.80 Å². The van der Waals surface area contributed by atoms with Crippen LogP contribution in [0.4, 0.5) is 14.9 Å². The summed E-state index contributed by atoms with van der Waals surface area (Å²) in [6.07, 6.45) is 1.07. The number of anilines is 1. The molecule has 8 heteroatoms. The molecule has 3 aromatic rings. The van der Waals surface area contributed by atoms with Gasteiger partial charge in [0.05, 0.1) is 25.6 Å². The Hall–Kier alpha value is -3.39. The van der Waals surface area contributed by atoms with Crippen LogP contribution in [0.15, 0.2) is 60.8 Å². The first-order chi connectivity index (χ1) is 13.1. The smallest absolute Gasteiger partial charge is 0.438 e. The Morgan fingerprint density at radius 1 is 1.11 bits per heavy atom. The molecule has 0 unspecified atom stereocenters. The third-order valence-corrected chi connectivity index (χ3v) is 3.76. The van der Waals surface area contributed by atoms with Crippen LogP contribution in [0.5, 0.6) is 5.88 Å². The number of para-hydroxylation sites is 1. The highest BCUT2D eigenvalue weighted by Gasteiger charge is 2.19. The van der Waals surface area contributed by atoms with E-state index in [1.807, 2.05) is 6.07 Å². The number of hydroxylamine groups is 1. The first-order valence-electron chi connectivity index (χ1n) is 8.07. The van der Waals surface area contributed by atoms with Crippen LogP contribution in [0.3, 0.4) is 0 Å². The Balaban J connectivity index is 1.74. The quantitative estimate of drug-likeness (QED) is 0.618. The molecule has 1 amide bonds. The lowest BCUT2D eigenvalue weighted by atomic mass is 10.2. The highest BCUT2D eigenvalue weighted by molar-refractivity contribution is 5.86. The van der Waals surface area contributed by atoms with Gasteiger partial charge in [0.25, 0.3) is 0 Å². The second kappa shape index (κ2) is 8.33. The van der Waals surface area contributed by atoms with Crippen molar-refractivity contribution in [1.29, 1.82) is 0 Å². The Labute approximate surface area is 155 Å². The van der Waals surface area contributed by atoms with Gasteiger partial charge >= 0.3 is 6.09 Å². The summed E-state index contributed by atoms with van der Waals surface area (Å²) in [5.74, 6) is 0.0726. The monoisotopic (exact) mass is 371 g/mol. The standard InChI is InChI=1S/C19H18FN3O4/c1-25-19(24)23(26-2)17-6-4-3-5-14(17)13-27-18-11-12-22(21-18)16-9-7-15(20)8-10-16/h3-12H,13H2,1-2H3. The fourth-order valence-corrected chi connectivity index (χ4v) is 2.46. The molecule has 3 rings (SSSR count).